The molecular formula is C21H25N3O2S. The predicted octanol–water partition coefficient (Wildman–Crippen LogP) is 2.41. The molecular weight excluding hydrogens is 358 g/mol. The molecule has 0 aliphatic carbocycles. The monoisotopic (exact) mass is 383 g/mol. The summed E-state index contributed by atoms with van der Waals surface area (Å²) < 4.78 is 0. The molecule has 0 atom stereocenters. The first kappa shape index (κ1) is 18.2. The molecule has 27 heavy (non-hydrogen) atoms. The number of piperazine rings is 1. The number of rotatable bonds is 5. The number of thiophene rings is 1. The average Bonchev–Trinajstić information content (AvgIpc) is 3.36. The summed E-state index contributed by atoms with van der Waals surface area (Å²) in [4.78, 5) is 31.2. The van der Waals surface area contributed by atoms with E-state index in [-0.39, 0.29) is 11.8 Å². The highest BCUT2D eigenvalue weighted by Crippen LogP contribution is 2.27. The number of para-hydroxylation sites is 1. The summed E-state index contributed by atoms with van der Waals surface area (Å²) in [6.07, 6.45) is 2.32. The zero-order chi connectivity index (χ0) is 18.6. The van der Waals surface area contributed by atoms with Crippen LogP contribution in [-0.4, -0.2) is 60.9 Å². The van der Waals surface area contributed by atoms with Gasteiger partial charge in [-0.1, -0.05) is 18.2 Å². The molecule has 1 aromatic heterocycles. The summed E-state index contributed by atoms with van der Waals surface area (Å²) in [5.41, 5.74) is 3.56. The molecule has 0 N–H and O–H groups in total. The normalized spacial score (nSPS) is 17.2. The lowest BCUT2D eigenvalue weighted by atomic mass is 10.1. The number of carbonyl (C=O) groups is 2. The Kier molecular flexibility index (Phi) is 5.55. The van der Waals surface area contributed by atoms with Crippen LogP contribution in [0.15, 0.2) is 41.1 Å². The number of carbonyl (C=O) groups excluding carboxylic acids is 2. The van der Waals surface area contributed by atoms with Crippen molar-refractivity contribution in [2.75, 3.05) is 44.2 Å². The van der Waals surface area contributed by atoms with Gasteiger partial charge in [-0.2, -0.15) is 11.3 Å². The molecule has 5 nitrogen and oxygen atoms in total. The van der Waals surface area contributed by atoms with Gasteiger partial charge in [0.05, 0.1) is 6.54 Å². The molecule has 0 unspecified atom stereocenters. The Hall–Kier alpha value is -2.18. The van der Waals surface area contributed by atoms with Gasteiger partial charge < -0.3 is 9.80 Å². The zero-order valence-corrected chi connectivity index (χ0v) is 16.3. The largest absolute Gasteiger partial charge is 0.340 e. The van der Waals surface area contributed by atoms with Crippen LogP contribution in [-0.2, 0) is 22.4 Å². The van der Waals surface area contributed by atoms with E-state index in [2.05, 4.69) is 22.4 Å². The van der Waals surface area contributed by atoms with Gasteiger partial charge in [-0.3, -0.25) is 14.5 Å². The van der Waals surface area contributed by atoms with Gasteiger partial charge in [0.1, 0.15) is 0 Å². The van der Waals surface area contributed by atoms with Crippen LogP contribution >= 0.6 is 11.3 Å². The van der Waals surface area contributed by atoms with Crippen LogP contribution in [0, 0.1) is 0 Å². The van der Waals surface area contributed by atoms with Gasteiger partial charge >= 0.3 is 0 Å². The minimum atomic E-state index is 0.164. The molecule has 4 rings (SSSR count). The van der Waals surface area contributed by atoms with Gasteiger partial charge in [0.15, 0.2) is 0 Å². The first-order valence-corrected chi connectivity index (χ1v) is 10.5. The minimum Gasteiger partial charge on any atom is -0.340 e. The van der Waals surface area contributed by atoms with E-state index in [0.717, 1.165) is 38.2 Å². The molecule has 0 radical (unpaired) electrons. The van der Waals surface area contributed by atoms with E-state index >= 15 is 0 Å². The third-order valence-electron chi connectivity index (χ3n) is 5.48. The lowest BCUT2D eigenvalue weighted by Crippen LogP contribution is -2.51. The number of fused-ring (bicyclic) bond motifs is 1. The second-order valence-corrected chi connectivity index (χ2v) is 7.99. The van der Waals surface area contributed by atoms with Crippen molar-refractivity contribution in [1.29, 1.82) is 0 Å². The molecule has 1 saturated heterocycles. The molecule has 1 fully saturated rings. The van der Waals surface area contributed by atoms with Gasteiger partial charge in [0, 0.05) is 44.8 Å². The van der Waals surface area contributed by atoms with E-state index < -0.39 is 0 Å². The summed E-state index contributed by atoms with van der Waals surface area (Å²) in [7, 11) is 0. The van der Waals surface area contributed by atoms with Crippen molar-refractivity contribution in [3.63, 3.8) is 0 Å². The highest BCUT2D eigenvalue weighted by atomic mass is 32.1. The first-order valence-electron chi connectivity index (χ1n) is 9.60. The lowest BCUT2D eigenvalue weighted by molar-refractivity contribution is -0.133. The van der Waals surface area contributed by atoms with Crippen LogP contribution in [0.3, 0.4) is 0 Å². The molecule has 6 heteroatoms. The predicted molar refractivity (Wildman–Crippen MR) is 108 cm³/mol. The maximum atomic E-state index is 12.7. The van der Waals surface area contributed by atoms with Crippen LogP contribution in [0.1, 0.15) is 17.5 Å². The number of benzene rings is 1. The molecule has 0 saturated carbocycles. The third-order valence-corrected chi connectivity index (χ3v) is 6.21. The smallest absolute Gasteiger partial charge is 0.241 e. The van der Waals surface area contributed by atoms with Gasteiger partial charge in [-0.25, -0.2) is 0 Å². The molecule has 0 spiro atoms. The van der Waals surface area contributed by atoms with Gasteiger partial charge in [-0.05, 0) is 46.9 Å². The second kappa shape index (κ2) is 8.23. The average molecular weight is 384 g/mol. The summed E-state index contributed by atoms with van der Waals surface area (Å²) in [6, 6.07) is 10.2. The van der Waals surface area contributed by atoms with E-state index in [1.165, 1.54) is 11.1 Å². The highest BCUT2D eigenvalue weighted by Gasteiger charge is 2.27. The SMILES string of the molecule is O=C(CCc1ccsc1)N1CCN(CC(=O)N2CCc3ccccc32)CC1. The van der Waals surface area contributed by atoms with Crippen molar-refractivity contribution in [2.45, 2.75) is 19.3 Å². The van der Waals surface area contributed by atoms with Crippen LogP contribution in [0.5, 0.6) is 0 Å². The van der Waals surface area contributed by atoms with Crippen LogP contribution in [0.2, 0.25) is 0 Å². The maximum Gasteiger partial charge on any atom is 0.241 e. The molecule has 2 aromatic rings. The molecule has 2 aliphatic heterocycles. The number of aryl methyl sites for hydroxylation is 1. The van der Waals surface area contributed by atoms with Crippen molar-refractivity contribution >= 4 is 28.8 Å². The quantitative estimate of drug-likeness (QED) is 0.796. The van der Waals surface area contributed by atoms with Crippen LogP contribution in [0.4, 0.5) is 5.69 Å². The summed E-state index contributed by atoms with van der Waals surface area (Å²) in [6.45, 7) is 4.18. The van der Waals surface area contributed by atoms with Crippen molar-refractivity contribution < 1.29 is 9.59 Å². The highest BCUT2D eigenvalue weighted by molar-refractivity contribution is 7.07. The summed E-state index contributed by atoms with van der Waals surface area (Å²) in [5, 5.41) is 4.15. The third kappa shape index (κ3) is 4.22. The van der Waals surface area contributed by atoms with E-state index in [4.69, 9.17) is 0 Å². The zero-order valence-electron chi connectivity index (χ0n) is 15.5. The van der Waals surface area contributed by atoms with E-state index in [1.54, 1.807) is 11.3 Å². The Morgan fingerprint density at radius 3 is 2.56 bits per heavy atom. The van der Waals surface area contributed by atoms with E-state index in [9.17, 15) is 9.59 Å². The Labute approximate surface area is 164 Å². The van der Waals surface area contributed by atoms with Crippen LogP contribution in [0.25, 0.3) is 0 Å². The van der Waals surface area contributed by atoms with Crippen molar-refractivity contribution in [3.05, 3.63) is 52.2 Å². The Morgan fingerprint density at radius 2 is 1.78 bits per heavy atom. The number of anilines is 1. The molecule has 142 valence electrons. The number of nitrogens with zero attached hydrogens (tertiary/aromatic N) is 3. The first-order chi connectivity index (χ1) is 13.2. The number of amides is 2. The molecule has 3 heterocycles. The lowest BCUT2D eigenvalue weighted by Gasteiger charge is -2.35. The van der Waals surface area contributed by atoms with E-state index in [1.807, 2.05) is 33.4 Å². The fourth-order valence-electron chi connectivity index (χ4n) is 3.87. The fourth-order valence-corrected chi connectivity index (χ4v) is 4.58. The number of hydrogen-bond donors (Lipinski definition) is 0. The molecule has 1 aromatic carbocycles. The molecule has 2 aliphatic rings. The van der Waals surface area contributed by atoms with E-state index in [0.29, 0.717) is 26.1 Å². The maximum absolute atomic E-state index is 12.7. The van der Waals surface area contributed by atoms with Gasteiger partial charge in [0.2, 0.25) is 11.8 Å². The van der Waals surface area contributed by atoms with Crippen molar-refractivity contribution in [2.24, 2.45) is 0 Å². The molecule has 2 amide bonds. The van der Waals surface area contributed by atoms with Crippen molar-refractivity contribution in [3.8, 4) is 0 Å². The summed E-state index contributed by atoms with van der Waals surface area (Å²) >= 11 is 1.67. The Balaban J connectivity index is 1.24. The summed E-state index contributed by atoms with van der Waals surface area (Å²) in [5.74, 6) is 0.387. The topological polar surface area (TPSA) is 43.9 Å². The fraction of sp³-hybridized carbons (Fsp3) is 0.429. The minimum absolute atomic E-state index is 0.164. The Morgan fingerprint density at radius 1 is 0.963 bits per heavy atom. The Bertz CT molecular complexity index is 798. The molecule has 0 bridgehead atoms. The van der Waals surface area contributed by atoms with Crippen LogP contribution < -0.4 is 4.90 Å². The van der Waals surface area contributed by atoms with Crippen molar-refractivity contribution in [1.82, 2.24) is 9.80 Å². The standard InChI is InChI=1S/C21H25N3O2S/c25-20(6-5-17-8-14-27-16-17)23-12-10-22(11-13-23)15-21(26)24-9-7-18-3-1-2-4-19(18)24/h1-4,8,14,16H,5-7,9-13,15H2. The van der Waals surface area contributed by atoms with Gasteiger partial charge in [0.25, 0.3) is 0 Å². The second-order valence-electron chi connectivity index (χ2n) is 7.21. The van der Waals surface area contributed by atoms with Gasteiger partial charge in [-0.15, -0.1) is 0 Å². The number of hydrogen-bond acceptors (Lipinski definition) is 4.